The van der Waals surface area contributed by atoms with Gasteiger partial charge >= 0.3 is 5.97 Å². The van der Waals surface area contributed by atoms with Crippen LogP contribution >= 0.6 is 12.6 Å². The number of fused-ring (bicyclic) bond motifs is 2. The summed E-state index contributed by atoms with van der Waals surface area (Å²) >= 11 is 4.52. The highest BCUT2D eigenvalue weighted by Gasteiger charge is 2.44. The fraction of sp³-hybridized carbons (Fsp3) is 0.259. The third-order valence-electron chi connectivity index (χ3n) is 6.79. The van der Waals surface area contributed by atoms with E-state index >= 15 is 0 Å². The van der Waals surface area contributed by atoms with E-state index in [1.165, 1.54) is 9.21 Å². The van der Waals surface area contributed by atoms with Gasteiger partial charge in [-0.1, -0.05) is 48.5 Å². The topological polar surface area (TPSA) is 111 Å². The van der Waals surface area contributed by atoms with E-state index in [1.807, 2.05) is 48.5 Å². The zero-order valence-electron chi connectivity index (χ0n) is 19.9. The molecule has 0 bridgehead atoms. The predicted octanol–water partition coefficient (Wildman–Crippen LogP) is 3.89. The summed E-state index contributed by atoms with van der Waals surface area (Å²) in [6.45, 7) is 0.216. The largest absolute Gasteiger partial charge is 0.481 e. The van der Waals surface area contributed by atoms with Crippen molar-refractivity contribution in [3.8, 4) is 0 Å². The first-order valence-corrected chi connectivity index (χ1v) is 13.9. The molecule has 0 saturated carbocycles. The lowest BCUT2D eigenvalue weighted by Crippen LogP contribution is -2.48. The lowest BCUT2D eigenvalue weighted by molar-refractivity contribution is -0.139. The molecule has 3 aromatic carbocycles. The first-order valence-electron chi connectivity index (χ1n) is 12.0. The summed E-state index contributed by atoms with van der Waals surface area (Å²) in [5, 5.41) is 11.6. The van der Waals surface area contributed by atoms with Crippen molar-refractivity contribution in [2.75, 3.05) is 13.1 Å². The Bertz CT molecular complexity index is 1580. The summed E-state index contributed by atoms with van der Waals surface area (Å²) in [4.78, 5) is 29.9. The van der Waals surface area contributed by atoms with Crippen molar-refractivity contribution in [1.82, 2.24) is 14.2 Å². The van der Waals surface area contributed by atoms with E-state index in [9.17, 15) is 23.1 Å². The molecule has 1 fully saturated rings. The van der Waals surface area contributed by atoms with Crippen LogP contribution in [0.25, 0.3) is 21.7 Å². The Labute approximate surface area is 220 Å². The molecule has 2 unspecified atom stereocenters. The SMILES string of the molecule is O=C(O)CCN(Cc1c[nH]c2ccccc12)C(=O)C1CC(S)CN1S(=O)(=O)c1ccc2ccccc2c1. The molecule has 37 heavy (non-hydrogen) atoms. The average Bonchev–Trinajstić information content (AvgIpc) is 3.49. The maximum absolute atomic E-state index is 13.8. The Morgan fingerprint density at radius 3 is 2.57 bits per heavy atom. The molecular weight excluding hydrogens is 510 g/mol. The van der Waals surface area contributed by atoms with Gasteiger partial charge in [0.1, 0.15) is 6.04 Å². The van der Waals surface area contributed by atoms with Crippen molar-refractivity contribution in [2.24, 2.45) is 0 Å². The van der Waals surface area contributed by atoms with Crippen molar-refractivity contribution in [3.05, 3.63) is 78.5 Å². The zero-order valence-corrected chi connectivity index (χ0v) is 21.7. The molecule has 192 valence electrons. The first kappa shape index (κ1) is 25.3. The van der Waals surface area contributed by atoms with E-state index in [0.29, 0.717) is 0 Å². The number of benzene rings is 3. The fourth-order valence-electron chi connectivity index (χ4n) is 4.91. The third-order valence-corrected chi connectivity index (χ3v) is 9.03. The van der Waals surface area contributed by atoms with Crippen LogP contribution in [-0.2, 0) is 26.2 Å². The molecule has 8 nitrogen and oxygen atoms in total. The predicted molar refractivity (Wildman–Crippen MR) is 145 cm³/mol. The highest BCUT2D eigenvalue weighted by molar-refractivity contribution is 7.89. The maximum Gasteiger partial charge on any atom is 0.305 e. The highest BCUT2D eigenvalue weighted by atomic mass is 32.2. The number of carboxylic acid groups (broad SMARTS) is 1. The number of aromatic amines is 1. The van der Waals surface area contributed by atoms with Crippen molar-refractivity contribution in [3.63, 3.8) is 0 Å². The van der Waals surface area contributed by atoms with E-state index in [-0.39, 0.29) is 42.6 Å². The second-order valence-corrected chi connectivity index (χ2v) is 11.9. The van der Waals surface area contributed by atoms with Crippen LogP contribution in [0, 0.1) is 0 Å². The van der Waals surface area contributed by atoms with Crippen LogP contribution in [-0.4, -0.2) is 64.0 Å². The summed E-state index contributed by atoms with van der Waals surface area (Å²) in [7, 11) is -4.00. The standard InChI is InChI=1S/C27H27N3O5S2/c31-26(32)11-12-29(16-20-15-28-24-8-4-3-7-23(20)24)27(33)25-14-21(36)17-30(25)37(34,35)22-10-9-18-5-1-2-6-19(18)13-22/h1-10,13,15,21,25,28,36H,11-12,14,16-17H2,(H,31,32). The van der Waals surface area contributed by atoms with E-state index in [2.05, 4.69) is 17.6 Å². The van der Waals surface area contributed by atoms with E-state index in [4.69, 9.17) is 0 Å². The van der Waals surface area contributed by atoms with Crippen LogP contribution in [0.3, 0.4) is 0 Å². The van der Waals surface area contributed by atoms with Crippen molar-refractivity contribution in [2.45, 2.75) is 35.6 Å². The number of carboxylic acids is 1. The summed E-state index contributed by atoms with van der Waals surface area (Å²) in [6.07, 6.45) is 1.79. The second-order valence-electron chi connectivity index (χ2n) is 9.25. The number of nitrogens with one attached hydrogen (secondary N) is 1. The minimum atomic E-state index is -4.00. The molecule has 2 N–H and O–H groups in total. The van der Waals surface area contributed by atoms with Crippen LogP contribution in [0.1, 0.15) is 18.4 Å². The number of H-pyrrole nitrogens is 1. The van der Waals surface area contributed by atoms with Gasteiger partial charge in [-0.2, -0.15) is 16.9 Å². The highest BCUT2D eigenvalue weighted by Crippen LogP contribution is 2.32. The molecule has 10 heteroatoms. The number of amides is 1. The monoisotopic (exact) mass is 537 g/mol. The normalized spacial score (nSPS) is 18.4. The van der Waals surface area contributed by atoms with Crippen molar-refractivity contribution < 1.29 is 23.1 Å². The number of carbonyl (C=O) groups excluding carboxylic acids is 1. The van der Waals surface area contributed by atoms with Crippen molar-refractivity contribution in [1.29, 1.82) is 0 Å². The molecule has 1 amide bonds. The number of thiol groups is 1. The van der Waals surface area contributed by atoms with E-state index in [0.717, 1.165) is 27.2 Å². The smallest absolute Gasteiger partial charge is 0.305 e. The molecule has 0 radical (unpaired) electrons. The number of hydrogen-bond donors (Lipinski definition) is 3. The number of para-hydroxylation sites is 1. The fourth-order valence-corrected chi connectivity index (χ4v) is 7.07. The Morgan fingerprint density at radius 1 is 1.05 bits per heavy atom. The third kappa shape index (κ3) is 5.09. The van der Waals surface area contributed by atoms with E-state index in [1.54, 1.807) is 24.4 Å². The Morgan fingerprint density at radius 2 is 1.78 bits per heavy atom. The van der Waals surface area contributed by atoms with Crippen LogP contribution in [0.15, 0.2) is 77.8 Å². The number of rotatable bonds is 8. The number of nitrogens with zero attached hydrogens (tertiary/aromatic N) is 2. The van der Waals surface area contributed by atoms with Crippen LogP contribution in [0.4, 0.5) is 0 Å². The van der Waals surface area contributed by atoms with Gasteiger partial charge in [0.05, 0.1) is 11.3 Å². The molecule has 0 spiro atoms. The number of sulfonamides is 1. The Balaban J connectivity index is 1.46. The summed E-state index contributed by atoms with van der Waals surface area (Å²) in [5.74, 6) is -1.46. The quantitative estimate of drug-likeness (QED) is 0.296. The number of hydrogen-bond acceptors (Lipinski definition) is 5. The summed E-state index contributed by atoms with van der Waals surface area (Å²) in [6, 6.07) is 19.1. The first-order chi connectivity index (χ1) is 17.7. The lowest BCUT2D eigenvalue weighted by atomic mass is 10.1. The molecule has 1 saturated heterocycles. The molecule has 2 heterocycles. The van der Waals surface area contributed by atoms with E-state index < -0.39 is 27.9 Å². The van der Waals surface area contributed by atoms with Gasteiger partial charge in [-0.25, -0.2) is 8.42 Å². The second kappa shape index (κ2) is 10.2. The average molecular weight is 538 g/mol. The molecule has 4 aromatic rings. The van der Waals surface area contributed by atoms with Gasteiger partial charge in [0.2, 0.25) is 15.9 Å². The minimum Gasteiger partial charge on any atom is -0.481 e. The van der Waals surface area contributed by atoms with Gasteiger partial charge in [-0.05, 0) is 41.0 Å². The summed E-state index contributed by atoms with van der Waals surface area (Å²) in [5.41, 5.74) is 1.73. The number of carbonyl (C=O) groups is 2. The van der Waals surface area contributed by atoms with Crippen LogP contribution < -0.4 is 0 Å². The van der Waals surface area contributed by atoms with Gasteiger partial charge in [-0.15, -0.1) is 0 Å². The molecule has 5 rings (SSSR count). The van der Waals surface area contributed by atoms with Gasteiger partial charge in [0.15, 0.2) is 0 Å². The molecule has 1 aliphatic heterocycles. The van der Waals surface area contributed by atoms with Crippen molar-refractivity contribution >= 4 is 56.2 Å². The van der Waals surface area contributed by atoms with Gasteiger partial charge in [0.25, 0.3) is 0 Å². The van der Waals surface area contributed by atoms with Crippen LogP contribution in [0.5, 0.6) is 0 Å². The lowest BCUT2D eigenvalue weighted by Gasteiger charge is -2.29. The molecule has 2 atom stereocenters. The molecule has 0 aliphatic carbocycles. The van der Waals surface area contributed by atoms with Gasteiger partial charge in [-0.3, -0.25) is 9.59 Å². The number of aromatic nitrogens is 1. The Kier molecular flexibility index (Phi) is 6.98. The molecule has 1 aromatic heterocycles. The van der Waals surface area contributed by atoms with Crippen LogP contribution in [0.2, 0.25) is 0 Å². The minimum absolute atomic E-state index is 0.0364. The zero-order chi connectivity index (χ0) is 26.2. The molecular formula is C27H27N3O5S2. The number of aliphatic carboxylic acids is 1. The molecule has 1 aliphatic rings. The maximum atomic E-state index is 13.8. The van der Waals surface area contributed by atoms with Gasteiger partial charge in [0, 0.05) is 42.0 Å². The Hall–Kier alpha value is -3.34. The summed E-state index contributed by atoms with van der Waals surface area (Å²) < 4.78 is 28.7. The van der Waals surface area contributed by atoms with Gasteiger partial charge < -0.3 is 15.0 Å².